The number of hydrogen-bond donors (Lipinski definition) is 2. The lowest BCUT2D eigenvalue weighted by Crippen LogP contribution is -2.35. The van der Waals surface area contributed by atoms with Gasteiger partial charge >= 0.3 is 5.97 Å². The fourth-order valence-corrected chi connectivity index (χ4v) is 2.94. The molecule has 5 nitrogen and oxygen atoms in total. The van der Waals surface area contributed by atoms with Crippen LogP contribution in [0.15, 0.2) is 30.3 Å². The number of benzene rings is 1. The molecule has 0 saturated carbocycles. The van der Waals surface area contributed by atoms with Crippen LogP contribution in [0, 0.1) is 5.92 Å². The summed E-state index contributed by atoms with van der Waals surface area (Å²) < 4.78 is 5.71. The topological polar surface area (TPSA) is 75.6 Å². The van der Waals surface area contributed by atoms with Crippen molar-refractivity contribution in [2.45, 2.75) is 57.8 Å². The maximum absolute atomic E-state index is 12.2. The summed E-state index contributed by atoms with van der Waals surface area (Å²) in [6.45, 7) is 3.65. The Bertz CT molecular complexity index is 531. The molecule has 2 rings (SSSR count). The minimum atomic E-state index is -0.924. The van der Waals surface area contributed by atoms with E-state index in [0.717, 1.165) is 18.4 Å². The molecule has 0 spiro atoms. The quantitative estimate of drug-likeness (QED) is 0.810. The van der Waals surface area contributed by atoms with E-state index < -0.39 is 17.9 Å². The predicted octanol–water partition coefficient (Wildman–Crippen LogP) is 2.91. The van der Waals surface area contributed by atoms with Gasteiger partial charge in [0.15, 0.2) is 0 Å². The van der Waals surface area contributed by atoms with E-state index in [1.54, 1.807) is 6.92 Å². The SMILES string of the molecule is C[C@@H]1CC[C@H](CCC(=O)N[C@@H](c2ccccc2)[C@@H](C)C(=O)O)O1. The van der Waals surface area contributed by atoms with Crippen LogP contribution < -0.4 is 5.32 Å². The number of ether oxygens (including phenoxy) is 1. The summed E-state index contributed by atoms with van der Waals surface area (Å²) >= 11 is 0. The molecule has 0 radical (unpaired) electrons. The van der Waals surface area contributed by atoms with E-state index in [1.165, 1.54) is 0 Å². The highest BCUT2D eigenvalue weighted by Crippen LogP contribution is 2.24. The van der Waals surface area contributed by atoms with Crippen molar-refractivity contribution in [2.75, 3.05) is 0 Å². The third kappa shape index (κ3) is 5.06. The normalized spacial score (nSPS) is 23.2. The van der Waals surface area contributed by atoms with Gasteiger partial charge in [-0.1, -0.05) is 30.3 Å². The molecule has 0 aromatic heterocycles. The first-order valence-corrected chi connectivity index (χ1v) is 8.20. The minimum Gasteiger partial charge on any atom is -0.481 e. The lowest BCUT2D eigenvalue weighted by Gasteiger charge is -2.23. The van der Waals surface area contributed by atoms with Crippen LogP contribution in [0.5, 0.6) is 0 Å². The molecule has 0 unspecified atom stereocenters. The monoisotopic (exact) mass is 319 g/mol. The third-order valence-electron chi connectivity index (χ3n) is 4.38. The molecule has 23 heavy (non-hydrogen) atoms. The number of carboxylic acids is 1. The molecule has 1 fully saturated rings. The average Bonchev–Trinajstić information content (AvgIpc) is 2.96. The van der Waals surface area contributed by atoms with Gasteiger partial charge in [-0.25, -0.2) is 0 Å². The summed E-state index contributed by atoms with van der Waals surface area (Å²) in [7, 11) is 0. The minimum absolute atomic E-state index is 0.130. The van der Waals surface area contributed by atoms with Crippen LogP contribution in [0.3, 0.4) is 0 Å². The average molecular weight is 319 g/mol. The highest BCUT2D eigenvalue weighted by atomic mass is 16.5. The fraction of sp³-hybridized carbons (Fsp3) is 0.556. The summed E-state index contributed by atoms with van der Waals surface area (Å²) in [5, 5.41) is 12.2. The van der Waals surface area contributed by atoms with Gasteiger partial charge in [-0.2, -0.15) is 0 Å². The van der Waals surface area contributed by atoms with Crippen LogP contribution in [0.25, 0.3) is 0 Å². The van der Waals surface area contributed by atoms with Gasteiger partial charge < -0.3 is 15.2 Å². The lowest BCUT2D eigenvalue weighted by molar-refractivity contribution is -0.142. The molecule has 4 atom stereocenters. The smallest absolute Gasteiger partial charge is 0.308 e. The largest absolute Gasteiger partial charge is 0.481 e. The van der Waals surface area contributed by atoms with Crippen molar-refractivity contribution in [2.24, 2.45) is 5.92 Å². The van der Waals surface area contributed by atoms with Crippen molar-refractivity contribution >= 4 is 11.9 Å². The Morgan fingerprint density at radius 2 is 2.00 bits per heavy atom. The van der Waals surface area contributed by atoms with Gasteiger partial charge in [0.05, 0.1) is 24.2 Å². The first kappa shape index (κ1) is 17.5. The van der Waals surface area contributed by atoms with Gasteiger partial charge in [0, 0.05) is 6.42 Å². The molecule has 1 amide bonds. The Kier molecular flexibility index (Phi) is 6.16. The molecule has 1 aromatic rings. The highest BCUT2D eigenvalue weighted by Gasteiger charge is 2.27. The van der Waals surface area contributed by atoms with Crippen LogP contribution in [0.2, 0.25) is 0 Å². The van der Waals surface area contributed by atoms with Crippen molar-refractivity contribution in [1.29, 1.82) is 0 Å². The van der Waals surface area contributed by atoms with E-state index in [-0.39, 0.29) is 18.1 Å². The predicted molar refractivity (Wildman–Crippen MR) is 86.9 cm³/mol. The van der Waals surface area contributed by atoms with E-state index in [9.17, 15) is 14.7 Å². The fourth-order valence-electron chi connectivity index (χ4n) is 2.94. The lowest BCUT2D eigenvalue weighted by atomic mass is 9.94. The van der Waals surface area contributed by atoms with Gasteiger partial charge in [-0.05, 0) is 38.7 Å². The van der Waals surface area contributed by atoms with Crippen LogP contribution in [-0.2, 0) is 14.3 Å². The zero-order valence-electron chi connectivity index (χ0n) is 13.7. The van der Waals surface area contributed by atoms with Crippen molar-refractivity contribution < 1.29 is 19.4 Å². The number of hydrogen-bond acceptors (Lipinski definition) is 3. The van der Waals surface area contributed by atoms with Gasteiger partial charge in [0.2, 0.25) is 5.91 Å². The molecule has 0 aliphatic carbocycles. The first-order valence-electron chi connectivity index (χ1n) is 8.20. The maximum Gasteiger partial charge on any atom is 0.308 e. The second-order valence-corrected chi connectivity index (χ2v) is 6.27. The number of carboxylic acid groups (broad SMARTS) is 1. The summed E-state index contributed by atoms with van der Waals surface area (Å²) in [4.78, 5) is 23.6. The van der Waals surface area contributed by atoms with E-state index in [1.807, 2.05) is 37.3 Å². The number of rotatable bonds is 7. The van der Waals surface area contributed by atoms with Crippen LogP contribution in [0.4, 0.5) is 0 Å². The molecule has 1 heterocycles. The standard InChI is InChI=1S/C18H25NO4/c1-12-8-9-15(23-12)10-11-16(20)19-17(13(2)18(21)22)14-6-4-3-5-7-14/h3-7,12-13,15,17H,8-11H2,1-2H3,(H,19,20)(H,21,22)/t12-,13-,15-,17-/m1/s1. The molecule has 1 aromatic carbocycles. The molecule has 1 aliphatic rings. The molecule has 126 valence electrons. The van der Waals surface area contributed by atoms with Gasteiger partial charge in [0.1, 0.15) is 0 Å². The summed E-state index contributed by atoms with van der Waals surface area (Å²) in [6.07, 6.45) is 3.47. The van der Waals surface area contributed by atoms with Crippen molar-refractivity contribution in [3.63, 3.8) is 0 Å². The maximum atomic E-state index is 12.2. The summed E-state index contributed by atoms with van der Waals surface area (Å²) in [5.74, 6) is -1.74. The number of carbonyl (C=O) groups excluding carboxylic acids is 1. The Morgan fingerprint density at radius 3 is 2.57 bits per heavy atom. The van der Waals surface area contributed by atoms with Crippen LogP contribution >= 0.6 is 0 Å². The molecule has 0 bridgehead atoms. The molecular formula is C18H25NO4. The Morgan fingerprint density at radius 1 is 1.30 bits per heavy atom. The second kappa shape index (κ2) is 8.11. The van der Waals surface area contributed by atoms with Gasteiger partial charge in [0.25, 0.3) is 0 Å². The number of carbonyl (C=O) groups is 2. The van der Waals surface area contributed by atoms with Crippen molar-refractivity contribution in [1.82, 2.24) is 5.32 Å². The second-order valence-electron chi connectivity index (χ2n) is 6.27. The van der Waals surface area contributed by atoms with Gasteiger partial charge in [-0.15, -0.1) is 0 Å². The van der Waals surface area contributed by atoms with Crippen LogP contribution in [-0.4, -0.2) is 29.2 Å². The Hall–Kier alpha value is -1.88. The third-order valence-corrected chi connectivity index (χ3v) is 4.38. The number of nitrogens with one attached hydrogen (secondary N) is 1. The first-order chi connectivity index (χ1) is 11.0. The zero-order valence-corrected chi connectivity index (χ0v) is 13.7. The Labute approximate surface area is 137 Å². The zero-order chi connectivity index (χ0) is 16.8. The van der Waals surface area contributed by atoms with Gasteiger partial charge in [-0.3, -0.25) is 9.59 Å². The summed E-state index contributed by atoms with van der Waals surface area (Å²) in [6, 6.07) is 8.71. The molecule has 1 saturated heterocycles. The van der Waals surface area contributed by atoms with E-state index in [2.05, 4.69) is 5.32 Å². The van der Waals surface area contributed by atoms with Crippen molar-refractivity contribution in [3.8, 4) is 0 Å². The van der Waals surface area contributed by atoms with Crippen molar-refractivity contribution in [3.05, 3.63) is 35.9 Å². The number of aliphatic carboxylic acids is 1. The van der Waals surface area contributed by atoms with Crippen LogP contribution in [0.1, 0.15) is 51.1 Å². The molecule has 2 N–H and O–H groups in total. The van der Waals surface area contributed by atoms with E-state index >= 15 is 0 Å². The molecule has 5 heteroatoms. The Balaban J connectivity index is 1.94. The van der Waals surface area contributed by atoms with E-state index in [4.69, 9.17) is 4.74 Å². The molecule has 1 aliphatic heterocycles. The van der Waals surface area contributed by atoms with E-state index in [0.29, 0.717) is 12.8 Å². The summed E-state index contributed by atoms with van der Waals surface area (Å²) in [5.41, 5.74) is 0.807. The number of amides is 1. The molecular weight excluding hydrogens is 294 g/mol. The highest BCUT2D eigenvalue weighted by molar-refractivity contribution is 5.78.